The molecule has 0 saturated heterocycles. The molecule has 0 saturated carbocycles. The van der Waals surface area contributed by atoms with Crippen LogP contribution in [0.15, 0.2) is 77.8 Å². The Morgan fingerprint density at radius 2 is 1.94 bits per heavy atom. The highest BCUT2D eigenvalue weighted by Gasteiger charge is 2.19. The highest BCUT2D eigenvalue weighted by Crippen LogP contribution is 2.26. The van der Waals surface area contributed by atoms with Gasteiger partial charge < -0.3 is 14.6 Å². The van der Waals surface area contributed by atoms with Gasteiger partial charge in [0.2, 0.25) is 0 Å². The van der Waals surface area contributed by atoms with Gasteiger partial charge in [0.1, 0.15) is 12.3 Å². The maximum Gasteiger partial charge on any atom is 0.256 e. The number of likely N-dealkylation sites (N-methyl/N-ethyl adjacent to an activating group) is 1. The van der Waals surface area contributed by atoms with E-state index in [1.165, 1.54) is 0 Å². The van der Waals surface area contributed by atoms with E-state index in [2.05, 4.69) is 20.4 Å². The van der Waals surface area contributed by atoms with Crippen LogP contribution >= 0.6 is 0 Å². The lowest BCUT2D eigenvalue weighted by atomic mass is 10.1. The van der Waals surface area contributed by atoms with Crippen molar-refractivity contribution in [3.8, 4) is 11.3 Å². The summed E-state index contributed by atoms with van der Waals surface area (Å²) in [6, 6.07) is 15.3. The topological polar surface area (TPSA) is 94.0 Å². The highest BCUT2D eigenvalue weighted by atomic mass is 16.3. The van der Waals surface area contributed by atoms with Gasteiger partial charge in [0, 0.05) is 18.3 Å². The number of hydrogen-bond donors (Lipinski definition) is 1. The second-order valence-electron chi connectivity index (χ2n) is 8.29. The van der Waals surface area contributed by atoms with E-state index < -0.39 is 0 Å². The number of carbonyl (C=O) groups excluding carboxylic acids is 1. The molecule has 172 valence electrons. The molecule has 9 heteroatoms. The molecule has 1 aromatic carbocycles. The number of benzene rings is 1. The van der Waals surface area contributed by atoms with Crippen molar-refractivity contribution in [1.29, 1.82) is 0 Å². The number of nitrogens with zero attached hydrogens (tertiary/aromatic N) is 6. The number of fused-ring (bicyclic) bond motifs is 1. The average molecular weight is 456 g/mol. The second-order valence-corrected chi connectivity index (χ2v) is 8.29. The summed E-state index contributed by atoms with van der Waals surface area (Å²) in [5.74, 6) is 0.516. The van der Waals surface area contributed by atoms with Gasteiger partial charge in [-0.3, -0.25) is 9.48 Å². The number of aromatic nitrogens is 5. The number of pyridine rings is 1. The Morgan fingerprint density at radius 1 is 1.09 bits per heavy atom. The highest BCUT2D eigenvalue weighted by molar-refractivity contribution is 6.12. The Labute approximate surface area is 196 Å². The molecule has 9 nitrogen and oxygen atoms in total. The molecule has 0 aliphatic rings. The zero-order valence-corrected chi connectivity index (χ0v) is 19.0. The quantitative estimate of drug-likeness (QED) is 0.383. The van der Waals surface area contributed by atoms with E-state index in [4.69, 9.17) is 9.40 Å². The van der Waals surface area contributed by atoms with E-state index in [0.29, 0.717) is 34.5 Å². The van der Waals surface area contributed by atoms with E-state index in [1.54, 1.807) is 23.3 Å². The average Bonchev–Trinajstić information content (AvgIpc) is 3.60. The lowest BCUT2D eigenvalue weighted by Crippen LogP contribution is -2.18. The minimum Gasteiger partial charge on any atom is -0.467 e. The number of hydrogen-bond acceptors (Lipinski definition) is 6. The molecule has 5 rings (SSSR count). The Kier molecular flexibility index (Phi) is 5.92. The summed E-state index contributed by atoms with van der Waals surface area (Å²) in [6.07, 6.45) is 6.79. The molecule has 0 radical (unpaired) electrons. The molecule has 0 spiro atoms. The fourth-order valence-corrected chi connectivity index (χ4v) is 3.71. The first-order chi connectivity index (χ1) is 16.6. The van der Waals surface area contributed by atoms with Crippen molar-refractivity contribution in [1.82, 2.24) is 29.4 Å². The van der Waals surface area contributed by atoms with E-state index >= 15 is 0 Å². The Hall–Kier alpha value is -4.24. The molecule has 0 bridgehead atoms. The van der Waals surface area contributed by atoms with E-state index in [9.17, 15) is 4.79 Å². The van der Waals surface area contributed by atoms with Gasteiger partial charge in [-0.25, -0.2) is 9.67 Å². The largest absolute Gasteiger partial charge is 0.467 e. The first-order valence-electron chi connectivity index (χ1n) is 11.0. The third kappa shape index (κ3) is 4.60. The van der Waals surface area contributed by atoms with Crippen molar-refractivity contribution >= 4 is 22.6 Å². The maximum atomic E-state index is 13.4. The Balaban J connectivity index is 1.50. The van der Waals surface area contributed by atoms with Gasteiger partial charge in [-0.05, 0) is 32.3 Å². The van der Waals surface area contributed by atoms with Crippen LogP contribution in [0.1, 0.15) is 16.1 Å². The third-order valence-electron chi connectivity index (χ3n) is 5.48. The first-order valence-corrected chi connectivity index (χ1v) is 11.0. The SMILES string of the molecule is CN(C)CCn1cc(NC(=O)c2cc(-c3ccccc3)nc3c2cnn3Cc2ccco2)cn1. The zero-order chi connectivity index (χ0) is 23.5. The van der Waals surface area contributed by atoms with Crippen LogP contribution in [0.4, 0.5) is 5.69 Å². The summed E-state index contributed by atoms with van der Waals surface area (Å²) in [5, 5.41) is 12.5. The van der Waals surface area contributed by atoms with Crippen molar-refractivity contribution in [2.24, 2.45) is 0 Å². The predicted molar refractivity (Wildman–Crippen MR) is 130 cm³/mol. The number of rotatable bonds is 8. The van der Waals surface area contributed by atoms with E-state index in [1.807, 2.05) is 73.5 Å². The monoisotopic (exact) mass is 455 g/mol. The van der Waals surface area contributed by atoms with Gasteiger partial charge in [0.25, 0.3) is 5.91 Å². The van der Waals surface area contributed by atoms with Crippen molar-refractivity contribution in [3.05, 3.63) is 84.7 Å². The lowest BCUT2D eigenvalue weighted by molar-refractivity contribution is 0.102. The first kappa shape index (κ1) is 21.6. The second kappa shape index (κ2) is 9.32. The van der Waals surface area contributed by atoms with Gasteiger partial charge in [-0.15, -0.1) is 0 Å². The van der Waals surface area contributed by atoms with Crippen LogP contribution in [-0.4, -0.2) is 56.0 Å². The summed E-state index contributed by atoms with van der Waals surface area (Å²) < 4.78 is 9.04. The molecule has 0 aliphatic heterocycles. The van der Waals surface area contributed by atoms with Crippen LogP contribution in [0, 0.1) is 0 Å². The van der Waals surface area contributed by atoms with Crippen LogP contribution in [0.25, 0.3) is 22.3 Å². The van der Waals surface area contributed by atoms with Gasteiger partial charge in [0.05, 0.1) is 47.5 Å². The van der Waals surface area contributed by atoms with Crippen LogP contribution in [0.3, 0.4) is 0 Å². The maximum absolute atomic E-state index is 13.4. The Bertz CT molecular complexity index is 1400. The normalized spacial score (nSPS) is 11.4. The van der Waals surface area contributed by atoms with Crippen LogP contribution in [0.5, 0.6) is 0 Å². The van der Waals surface area contributed by atoms with Crippen LogP contribution < -0.4 is 5.32 Å². The molecule has 5 aromatic rings. The van der Waals surface area contributed by atoms with Crippen molar-refractivity contribution in [2.45, 2.75) is 13.1 Å². The van der Waals surface area contributed by atoms with E-state index in [-0.39, 0.29) is 5.91 Å². The van der Waals surface area contributed by atoms with Crippen molar-refractivity contribution in [3.63, 3.8) is 0 Å². The summed E-state index contributed by atoms with van der Waals surface area (Å²) >= 11 is 0. The van der Waals surface area contributed by atoms with Crippen molar-refractivity contribution < 1.29 is 9.21 Å². The number of anilines is 1. The standard InChI is InChI=1S/C25H25N7O2/c1-30(2)10-11-31-16-19(14-26-31)28-25(33)21-13-23(18-7-4-3-5-8-18)29-24-22(21)15-27-32(24)17-20-9-6-12-34-20/h3-9,12-16H,10-11,17H2,1-2H3,(H,28,33). The molecule has 34 heavy (non-hydrogen) atoms. The molecule has 4 aromatic heterocycles. The summed E-state index contributed by atoms with van der Waals surface area (Å²) in [4.78, 5) is 20.3. The van der Waals surface area contributed by atoms with Gasteiger partial charge in [-0.1, -0.05) is 30.3 Å². The summed E-state index contributed by atoms with van der Waals surface area (Å²) in [7, 11) is 4.02. The van der Waals surface area contributed by atoms with Gasteiger partial charge in [-0.2, -0.15) is 10.2 Å². The minimum atomic E-state index is -0.241. The Morgan fingerprint density at radius 3 is 2.71 bits per heavy atom. The fraction of sp³-hybridized carbons (Fsp3) is 0.200. The smallest absolute Gasteiger partial charge is 0.256 e. The van der Waals surface area contributed by atoms with Crippen LogP contribution in [-0.2, 0) is 13.1 Å². The number of nitrogens with one attached hydrogen (secondary N) is 1. The predicted octanol–water partition coefficient (Wildman–Crippen LogP) is 3.75. The number of amides is 1. The molecule has 1 N–H and O–H groups in total. The van der Waals surface area contributed by atoms with E-state index in [0.717, 1.165) is 24.4 Å². The van der Waals surface area contributed by atoms with Crippen LogP contribution in [0.2, 0.25) is 0 Å². The fourth-order valence-electron chi connectivity index (χ4n) is 3.71. The number of furan rings is 1. The molecule has 0 aliphatic carbocycles. The molecular weight excluding hydrogens is 430 g/mol. The molecule has 4 heterocycles. The number of carbonyl (C=O) groups is 1. The molecule has 1 amide bonds. The summed E-state index contributed by atoms with van der Waals surface area (Å²) in [6.45, 7) is 2.01. The van der Waals surface area contributed by atoms with Gasteiger partial charge >= 0.3 is 0 Å². The zero-order valence-electron chi connectivity index (χ0n) is 19.0. The lowest BCUT2D eigenvalue weighted by Gasteiger charge is -2.09. The molecule has 0 atom stereocenters. The third-order valence-corrected chi connectivity index (χ3v) is 5.48. The molecule has 0 fully saturated rings. The minimum absolute atomic E-state index is 0.241. The van der Waals surface area contributed by atoms with Gasteiger partial charge in [0.15, 0.2) is 5.65 Å². The molecular formula is C25H25N7O2. The van der Waals surface area contributed by atoms with Crippen molar-refractivity contribution in [2.75, 3.05) is 26.0 Å². The molecule has 0 unspecified atom stereocenters. The summed E-state index contributed by atoms with van der Waals surface area (Å²) in [5.41, 5.74) is 3.36.